The number of carbonyl (C=O) groups is 2. The zero-order valence-electron chi connectivity index (χ0n) is 13.1. The van der Waals surface area contributed by atoms with Gasteiger partial charge in [0.05, 0.1) is 6.54 Å². The van der Waals surface area contributed by atoms with Gasteiger partial charge in [0, 0.05) is 31.6 Å². The van der Waals surface area contributed by atoms with Crippen LogP contribution in [0.4, 0.5) is 0 Å². The molecule has 126 valence electrons. The fourth-order valence-corrected chi connectivity index (χ4v) is 5.81. The molecule has 0 unspecified atom stereocenters. The molecule has 2 saturated heterocycles. The van der Waals surface area contributed by atoms with Crippen LogP contribution in [-0.2, 0) is 26.0 Å². The lowest BCUT2D eigenvalue weighted by Gasteiger charge is -2.44. The van der Waals surface area contributed by atoms with Gasteiger partial charge in [0.2, 0.25) is 11.8 Å². The van der Waals surface area contributed by atoms with Crippen LogP contribution in [0.25, 0.3) is 0 Å². The van der Waals surface area contributed by atoms with E-state index < -0.39 is 16.1 Å². The van der Waals surface area contributed by atoms with Crippen LogP contribution >= 0.6 is 11.3 Å². The molecule has 9 heteroatoms. The predicted octanol–water partition coefficient (Wildman–Crippen LogP) is -0.0160. The molecule has 3 rings (SSSR count). The highest BCUT2D eigenvalue weighted by Gasteiger charge is 2.44. The van der Waals surface area contributed by atoms with Crippen molar-refractivity contribution in [2.24, 2.45) is 0 Å². The molecular weight excluding hydrogens is 338 g/mol. The van der Waals surface area contributed by atoms with Crippen molar-refractivity contribution in [3.63, 3.8) is 0 Å². The maximum absolute atomic E-state index is 12.8. The summed E-state index contributed by atoms with van der Waals surface area (Å²) in [5.74, 6) is -0.330. The van der Waals surface area contributed by atoms with E-state index in [4.69, 9.17) is 0 Å². The summed E-state index contributed by atoms with van der Waals surface area (Å²) in [7, 11) is -2.05. The van der Waals surface area contributed by atoms with Crippen LogP contribution in [-0.4, -0.2) is 73.6 Å². The van der Waals surface area contributed by atoms with Gasteiger partial charge in [0.15, 0.2) is 0 Å². The summed E-state index contributed by atoms with van der Waals surface area (Å²) >= 11 is 1.26. The van der Waals surface area contributed by atoms with Crippen molar-refractivity contribution < 1.29 is 18.0 Å². The Hall–Kier alpha value is -1.45. The molecule has 23 heavy (non-hydrogen) atoms. The minimum Gasteiger partial charge on any atom is -0.335 e. The number of hydrogen-bond acceptors (Lipinski definition) is 5. The van der Waals surface area contributed by atoms with Gasteiger partial charge in [-0.1, -0.05) is 6.92 Å². The van der Waals surface area contributed by atoms with Crippen molar-refractivity contribution in [2.75, 3.05) is 33.2 Å². The van der Waals surface area contributed by atoms with Crippen LogP contribution in [0.5, 0.6) is 0 Å². The molecule has 1 aromatic heterocycles. The third-order valence-corrected chi connectivity index (χ3v) is 7.84. The molecule has 2 fully saturated rings. The van der Waals surface area contributed by atoms with E-state index in [0.717, 1.165) is 11.3 Å². The van der Waals surface area contributed by atoms with E-state index in [1.807, 2.05) is 13.0 Å². The summed E-state index contributed by atoms with van der Waals surface area (Å²) in [6, 6.07) is 2.72. The fourth-order valence-electron chi connectivity index (χ4n) is 2.93. The van der Waals surface area contributed by atoms with Crippen LogP contribution in [0.1, 0.15) is 11.8 Å². The molecule has 3 heterocycles. The van der Waals surface area contributed by atoms with Gasteiger partial charge in [-0.3, -0.25) is 9.59 Å². The number of sulfonamides is 1. The molecule has 0 aliphatic carbocycles. The topological polar surface area (TPSA) is 78.0 Å². The number of hydrogen-bond donors (Lipinski definition) is 0. The molecule has 0 radical (unpaired) electrons. The fraction of sp³-hybridized carbons (Fsp3) is 0.571. The molecule has 0 bridgehead atoms. The first-order chi connectivity index (χ1) is 10.8. The molecule has 2 aliphatic rings. The molecule has 0 aromatic carbocycles. The van der Waals surface area contributed by atoms with Crippen LogP contribution < -0.4 is 0 Å². The van der Waals surface area contributed by atoms with Crippen LogP contribution in [0.3, 0.4) is 0 Å². The van der Waals surface area contributed by atoms with E-state index in [-0.39, 0.29) is 38.0 Å². The van der Waals surface area contributed by atoms with Gasteiger partial charge in [-0.15, -0.1) is 11.3 Å². The third kappa shape index (κ3) is 2.77. The second kappa shape index (κ2) is 5.88. The molecule has 0 saturated carbocycles. The van der Waals surface area contributed by atoms with E-state index in [9.17, 15) is 18.0 Å². The van der Waals surface area contributed by atoms with Gasteiger partial charge in [-0.05, 0) is 18.6 Å². The number of nitrogens with zero attached hydrogens (tertiary/aromatic N) is 3. The van der Waals surface area contributed by atoms with Gasteiger partial charge in [-0.25, -0.2) is 8.42 Å². The number of piperazine rings is 2. The first-order valence-electron chi connectivity index (χ1n) is 7.48. The van der Waals surface area contributed by atoms with Crippen molar-refractivity contribution in [1.29, 1.82) is 0 Å². The Morgan fingerprint density at radius 3 is 2.65 bits per heavy atom. The Kier molecular flexibility index (Phi) is 4.19. The standard InChI is InChI=1S/C14H19N3O4S2/c1-3-10-4-5-13(22-10)23(20,21)16-6-7-17-11(8-16)14(19)15(2)9-12(17)18/h4-5,11H,3,6-9H2,1-2H3/t11-/m0/s1. The highest BCUT2D eigenvalue weighted by Crippen LogP contribution is 2.28. The summed E-state index contributed by atoms with van der Waals surface area (Å²) < 4.78 is 27.2. The number of thiophene rings is 1. The lowest BCUT2D eigenvalue weighted by atomic mass is 10.1. The Bertz CT molecular complexity index is 743. The number of likely N-dealkylation sites (N-methyl/N-ethyl adjacent to an activating group) is 1. The minimum absolute atomic E-state index is 0.0244. The van der Waals surface area contributed by atoms with Gasteiger partial charge in [0.25, 0.3) is 10.0 Å². The van der Waals surface area contributed by atoms with Crippen molar-refractivity contribution in [3.05, 3.63) is 17.0 Å². The van der Waals surface area contributed by atoms with Crippen LogP contribution in [0.15, 0.2) is 16.3 Å². The Morgan fingerprint density at radius 2 is 2.00 bits per heavy atom. The first kappa shape index (κ1) is 16.4. The monoisotopic (exact) mass is 357 g/mol. The molecule has 2 aliphatic heterocycles. The summed E-state index contributed by atoms with van der Waals surface area (Å²) in [5.41, 5.74) is 0. The lowest BCUT2D eigenvalue weighted by molar-refractivity contribution is -0.156. The molecule has 7 nitrogen and oxygen atoms in total. The number of rotatable bonds is 3. The summed E-state index contributed by atoms with van der Waals surface area (Å²) in [4.78, 5) is 28.2. The Balaban J connectivity index is 1.85. The van der Waals surface area contributed by atoms with Gasteiger partial charge < -0.3 is 9.80 Å². The molecule has 0 spiro atoms. The molecule has 0 N–H and O–H groups in total. The Morgan fingerprint density at radius 1 is 1.26 bits per heavy atom. The van der Waals surface area contributed by atoms with E-state index in [1.165, 1.54) is 25.4 Å². The van der Waals surface area contributed by atoms with E-state index in [1.54, 1.807) is 13.1 Å². The van der Waals surface area contributed by atoms with E-state index in [0.29, 0.717) is 4.21 Å². The second-order valence-corrected chi connectivity index (χ2v) is 9.07. The van der Waals surface area contributed by atoms with Crippen molar-refractivity contribution in [1.82, 2.24) is 14.1 Å². The number of carbonyl (C=O) groups excluding carboxylic acids is 2. The number of amides is 2. The maximum Gasteiger partial charge on any atom is 0.252 e. The average molecular weight is 357 g/mol. The molecule has 1 aromatic rings. The molecule has 1 atom stereocenters. The molecule has 2 amide bonds. The SMILES string of the molecule is CCc1ccc(S(=O)(=O)N2CCN3C(=O)CN(C)C(=O)[C@@H]3C2)s1. The highest BCUT2D eigenvalue weighted by molar-refractivity contribution is 7.91. The van der Waals surface area contributed by atoms with Gasteiger partial charge >= 0.3 is 0 Å². The van der Waals surface area contributed by atoms with Crippen molar-refractivity contribution in [3.8, 4) is 0 Å². The zero-order chi connectivity index (χ0) is 16.8. The maximum atomic E-state index is 12.8. The third-order valence-electron chi connectivity index (χ3n) is 4.28. The van der Waals surface area contributed by atoms with Gasteiger partial charge in [-0.2, -0.15) is 4.31 Å². The summed E-state index contributed by atoms with van der Waals surface area (Å²) in [5, 5.41) is 0. The van der Waals surface area contributed by atoms with Crippen molar-refractivity contribution >= 4 is 33.2 Å². The first-order valence-corrected chi connectivity index (χ1v) is 9.73. The quantitative estimate of drug-likeness (QED) is 0.762. The minimum atomic E-state index is -3.62. The van der Waals surface area contributed by atoms with Crippen molar-refractivity contribution in [2.45, 2.75) is 23.6 Å². The average Bonchev–Trinajstić information content (AvgIpc) is 3.02. The number of aryl methyl sites for hydroxylation is 1. The number of fused-ring (bicyclic) bond motifs is 1. The summed E-state index contributed by atoms with van der Waals surface area (Å²) in [6.45, 7) is 2.54. The van der Waals surface area contributed by atoms with E-state index >= 15 is 0 Å². The normalized spacial score (nSPS) is 23.3. The predicted molar refractivity (Wildman–Crippen MR) is 85.6 cm³/mol. The largest absolute Gasteiger partial charge is 0.335 e. The summed E-state index contributed by atoms with van der Waals surface area (Å²) in [6.07, 6.45) is 0.786. The Labute approximate surface area is 139 Å². The zero-order valence-corrected chi connectivity index (χ0v) is 14.7. The van der Waals surface area contributed by atoms with Crippen LogP contribution in [0.2, 0.25) is 0 Å². The van der Waals surface area contributed by atoms with Gasteiger partial charge in [0.1, 0.15) is 10.3 Å². The second-order valence-electron chi connectivity index (χ2n) is 5.73. The van der Waals surface area contributed by atoms with Crippen LogP contribution in [0, 0.1) is 0 Å². The molecular formula is C14H19N3O4S2. The van der Waals surface area contributed by atoms with E-state index in [2.05, 4.69) is 0 Å². The lowest BCUT2D eigenvalue weighted by Crippen LogP contribution is -2.66. The highest BCUT2D eigenvalue weighted by atomic mass is 32.2. The smallest absolute Gasteiger partial charge is 0.252 e.